The maximum atomic E-state index is 14.0. The quantitative estimate of drug-likeness (QED) is 0.146. The van der Waals surface area contributed by atoms with E-state index < -0.39 is 51.1 Å². The second-order valence-corrected chi connectivity index (χ2v) is 7.12. The van der Waals surface area contributed by atoms with Gasteiger partial charge in [-0.3, -0.25) is 10.1 Å². The molecule has 2 heterocycles. The van der Waals surface area contributed by atoms with Crippen LogP contribution in [0.1, 0.15) is 11.3 Å². The molecule has 13 heteroatoms. The zero-order chi connectivity index (χ0) is 24.8. The first-order valence-corrected chi connectivity index (χ1v) is 9.43. The number of aryl methyl sites for hydroxylation is 1. The predicted molar refractivity (Wildman–Crippen MR) is 109 cm³/mol. The van der Waals surface area contributed by atoms with E-state index in [9.17, 15) is 38.7 Å². The molecule has 2 aromatic heterocycles. The minimum absolute atomic E-state index is 0.158. The van der Waals surface area contributed by atoms with Gasteiger partial charge in [0.05, 0.1) is 16.1 Å². The maximum absolute atomic E-state index is 14.0. The number of phenolic OH excluding ortho intramolecular Hbond substituents is 2. The van der Waals surface area contributed by atoms with Gasteiger partial charge in [0.15, 0.2) is 11.4 Å². The summed E-state index contributed by atoms with van der Waals surface area (Å²) in [7, 11) is 0. The van der Waals surface area contributed by atoms with Gasteiger partial charge in [-0.1, -0.05) is 23.4 Å². The van der Waals surface area contributed by atoms with Crippen LogP contribution in [0.15, 0.2) is 53.1 Å². The molecule has 0 saturated heterocycles. The Hall–Kier alpha value is -4.68. The monoisotopic (exact) mass is 474 g/mol. The molecule has 4 aromatic rings. The van der Waals surface area contributed by atoms with E-state index in [1.165, 1.54) is 31.2 Å². The van der Waals surface area contributed by atoms with Gasteiger partial charge in [-0.2, -0.15) is 22.9 Å². The third kappa shape index (κ3) is 3.83. The first-order valence-electron chi connectivity index (χ1n) is 9.43. The molecule has 0 unspecified atom stereocenters. The van der Waals surface area contributed by atoms with Gasteiger partial charge in [0, 0.05) is 24.6 Å². The Kier molecular flexibility index (Phi) is 5.31. The van der Waals surface area contributed by atoms with E-state index >= 15 is 0 Å². The standard InChI is InChI=1S/C21H13F3N4O6/c1-10-7-13(21(22,23)24)16(17(27(10)31)11-5-3-2-4-6-11)19-25-20(34-26-19)12-8-14(28(32)33)18(30)15(29)9-12/h2-9,29-30H,1H3. The molecule has 0 aliphatic rings. The minimum Gasteiger partial charge on any atom is -0.618 e. The van der Waals surface area contributed by atoms with E-state index in [4.69, 9.17) is 4.52 Å². The first kappa shape index (κ1) is 22.5. The molecule has 2 aromatic carbocycles. The Morgan fingerprint density at radius 3 is 2.38 bits per heavy atom. The maximum Gasteiger partial charge on any atom is 0.417 e. The van der Waals surface area contributed by atoms with Gasteiger partial charge in [-0.15, -0.1) is 0 Å². The third-order valence-corrected chi connectivity index (χ3v) is 4.90. The Balaban J connectivity index is 1.99. The summed E-state index contributed by atoms with van der Waals surface area (Å²) in [5.41, 5.74) is -3.42. The number of alkyl halides is 3. The van der Waals surface area contributed by atoms with Crippen LogP contribution in [-0.2, 0) is 6.18 Å². The number of rotatable bonds is 4. The fourth-order valence-corrected chi connectivity index (χ4v) is 3.36. The number of pyridine rings is 1. The number of aromatic hydroxyl groups is 2. The molecule has 0 aliphatic carbocycles. The van der Waals surface area contributed by atoms with E-state index in [1.54, 1.807) is 6.07 Å². The molecule has 174 valence electrons. The molecule has 0 spiro atoms. The van der Waals surface area contributed by atoms with Crippen molar-refractivity contribution in [1.82, 2.24) is 10.1 Å². The molecular weight excluding hydrogens is 461 g/mol. The van der Waals surface area contributed by atoms with Crippen molar-refractivity contribution in [2.45, 2.75) is 13.1 Å². The van der Waals surface area contributed by atoms with Gasteiger partial charge in [0.1, 0.15) is 5.56 Å². The molecular formula is C21H13F3N4O6. The first-order chi connectivity index (χ1) is 16.0. The largest absolute Gasteiger partial charge is 0.618 e. The van der Waals surface area contributed by atoms with Crippen LogP contribution in [-0.4, -0.2) is 25.3 Å². The highest BCUT2D eigenvalue weighted by Gasteiger charge is 2.40. The van der Waals surface area contributed by atoms with E-state index in [0.29, 0.717) is 10.8 Å². The van der Waals surface area contributed by atoms with Crippen molar-refractivity contribution in [3.8, 4) is 45.6 Å². The molecule has 0 fully saturated rings. The normalized spacial score (nSPS) is 11.5. The zero-order valence-corrected chi connectivity index (χ0v) is 17.1. The highest BCUT2D eigenvalue weighted by molar-refractivity contribution is 5.79. The number of nitro benzene ring substituents is 1. The second kappa shape index (κ2) is 8.03. The van der Waals surface area contributed by atoms with Crippen molar-refractivity contribution in [3.05, 3.63) is 75.1 Å². The van der Waals surface area contributed by atoms with Crippen LogP contribution in [0, 0.1) is 22.2 Å². The van der Waals surface area contributed by atoms with Gasteiger partial charge in [-0.05, 0) is 18.2 Å². The van der Waals surface area contributed by atoms with E-state index in [2.05, 4.69) is 10.1 Å². The summed E-state index contributed by atoms with van der Waals surface area (Å²) in [4.78, 5) is 14.0. The molecule has 0 amide bonds. The van der Waals surface area contributed by atoms with Crippen LogP contribution >= 0.6 is 0 Å². The number of halogens is 3. The van der Waals surface area contributed by atoms with Gasteiger partial charge < -0.3 is 19.9 Å². The summed E-state index contributed by atoms with van der Waals surface area (Å²) in [6.45, 7) is 1.22. The number of phenols is 2. The lowest BCUT2D eigenvalue weighted by atomic mass is 9.98. The molecule has 0 saturated carbocycles. The summed E-state index contributed by atoms with van der Waals surface area (Å²) < 4.78 is 47.3. The van der Waals surface area contributed by atoms with Gasteiger partial charge in [-0.25, -0.2) is 0 Å². The Bertz CT molecular complexity index is 1420. The minimum atomic E-state index is -4.89. The van der Waals surface area contributed by atoms with Gasteiger partial charge >= 0.3 is 11.9 Å². The van der Waals surface area contributed by atoms with Crippen molar-refractivity contribution in [3.63, 3.8) is 0 Å². The number of benzene rings is 2. The van der Waals surface area contributed by atoms with Crippen LogP contribution < -0.4 is 4.73 Å². The molecule has 0 bridgehead atoms. The third-order valence-electron chi connectivity index (χ3n) is 4.90. The lowest BCUT2D eigenvalue weighted by molar-refractivity contribution is -0.600. The fraction of sp³-hybridized carbons (Fsp3) is 0.0952. The lowest BCUT2D eigenvalue weighted by Crippen LogP contribution is -2.35. The van der Waals surface area contributed by atoms with Crippen LogP contribution in [0.2, 0.25) is 0 Å². The molecule has 34 heavy (non-hydrogen) atoms. The number of nitrogens with zero attached hydrogens (tertiary/aromatic N) is 4. The molecule has 0 radical (unpaired) electrons. The number of nitro groups is 1. The summed E-state index contributed by atoms with van der Waals surface area (Å²) in [6.07, 6.45) is -4.89. The second-order valence-electron chi connectivity index (χ2n) is 7.12. The average molecular weight is 474 g/mol. The number of hydrogen-bond acceptors (Lipinski definition) is 8. The Morgan fingerprint density at radius 1 is 1.09 bits per heavy atom. The Labute approximate surface area is 187 Å². The molecule has 0 atom stereocenters. The molecule has 2 N–H and O–H groups in total. The zero-order valence-electron chi connectivity index (χ0n) is 17.1. The smallest absolute Gasteiger partial charge is 0.417 e. The summed E-state index contributed by atoms with van der Waals surface area (Å²) in [6, 6.07) is 9.90. The van der Waals surface area contributed by atoms with Crippen LogP contribution in [0.25, 0.3) is 34.1 Å². The molecule has 4 rings (SSSR count). The SMILES string of the molecule is Cc1cc(C(F)(F)F)c(-c2noc(-c3cc(O)c(O)c([N+](=O)[O-])c3)n2)c(-c2ccccc2)[n+]1[O-]. The topological polar surface area (TPSA) is 149 Å². The van der Waals surface area contributed by atoms with Crippen molar-refractivity contribution >= 4 is 5.69 Å². The summed E-state index contributed by atoms with van der Waals surface area (Å²) in [5, 5.41) is 47.0. The van der Waals surface area contributed by atoms with Crippen LogP contribution in [0.4, 0.5) is 18.9 Å². The van der Waals surface area contributed by atoms with E-state index in [0.717, 1.165) is 12.1 Å². The van der Waals surface area contributed by atoms with Crippen molar-refractivity contribution in [1.29, 1.82) is 0 Å². The lowest BCUT2D eigenvalue weighted by Gasteiger charge is -2.16. The highest BCUT2D eigenvalue weighted by atomic mass is 19.4. The predicted octanol–water partition coefficient (Wildman–Crippen LogP) is 4.35. The molecule has 10 nitrogen and oxygen atoms in total. The fourth-order valence-electron chi connectivity index (χ4n) is 3.36. The van der Waals surface area contributed by atoms with Gasteiger partial charge in [0.2, 0.25) is 17.3 Å². The summed E-state index contributed by atoms with van der Waals surface area (Å²) in [5.74, 6) is -2.98. The molecule has 0 aliphatic heterocycles. The summed E-state index contributed by atoms with van der Waals surface area (Å²) >= 11 is 0. The van der Waals surface area contributed by atoms with Crippen LogP contribution in [0.3, 0.4) is 0 Å². The van der Waals surface area contributed by atoms with Crippen LogP contribution in [0.5, 0.6) is 11.5 Å². The van der Waals surface area contributed by atoms with Crippen molar-refractivity contribution in [2.24, 2.45) is 0 Å². The van der Waals surface area contributed by atoms with Gasteiger partial charge in [0.25, 0.3) is 5.89 Å². The number of hydrogen-bond donors (Lipinski definition) is 2. The number of aromatic nitrogens is 3. The van der Waals surface area contributed by atoms with E-state index in [-0.39, 0.29) is 22.5 Å². The highest BCUT2D eigenvalue weighted by Crippen LogP contribution is 2.42. The average Bonchev–Trinajstić information content (AvgIpc) is 3.26. The Morgan fingerprint density at radius 2 is 1.76 bits per heavy atom. The van der Waals surface area contributed by atoms with Crippen molar-refractivity contribution in [2.75, 3.05) is 0 Å². The van der Waals surface area contributed by atoms with Crippen molar-refractivity contribution < 1.29 is 37.6 Å². The van der Waals surface area contributed by atoms with E-state index in [1.807, 2.05) is 0 Å².